The van der Waals surface area contributed by atoms with Gasteiger partial charge in [0.15, 0.2) is 0 Å². The number of hydrogen-bond acceptors (Lipinski definition) is 4. The van der Waals surface area contributed by atoms with Gasteiger partial charge in [-0.15, -0.1) is 0 Å². The summed E-state index contributed by atoms with van der Waals surface area (Å²) >= 11 is 0. The van der Waals surface area contributed by atoms with Crippen LogP contribution in [0.5, 0.6) is 0 Å². The molecule has 22 heavy (non-hydrogen) atoms. The number of carbonyl (C=O) groups excluding carboxylic acids is 2. The summed E-state index contributed by atoms with van der Waals surface area (Å²) in [5, 5.41) is 2.65. The van der Waals surface area contributed by atoms with E-state index in [1.54, 1.807) is 0 Å². The van der Waals surface area contributed by atoms with Crippen LogP contribution in [0, 0.1) is 11.3 Å². The Kier molecular flexibility index (Phi) is 4.05. The fourth-order valence-electron chi connectivity index (χ4n) is 3.58. The predicted molar refractivity (Wildman–Crippen MR) is 80.0 cm³/mol. The van der Waals surface area contributed by atoms with Gasteiger partial charge < -0.3 is 14.8 Å². The number of ether oxygens (including phenoxy) is 2. The summed E-state index contributed by atoms with van der Waals surface area (Å²) < 4.78 is 9.97. The molecule has 1 aromatic rings. The number of rotatable bonds is 6. The summed E-state index contributed by atoms with van der Waals surface area (Å²) in [7, 11) is 1.34. The second kappa shape index (κ2) is 5.99. The standard InChI is InChI=1S/C17H21NO4/c1-21-15(19)14(10-17-7-13(8-17)9-17)18-16(20)22-11-12-5-3-2-4-6-12/h2-6,13-14H,7-11H2,1H3,(H,18,20)/t13?,14-,17?/m1/s1. The molecule has 3 aliphatic rings. The maximum Gasteiger partial charge on any atom is 0.408 e. The summed E-state index contributed by atoms with van der Waals surface area (Å²) in [5.41, 5.74) is 1.16. The molecule has 0 heterocycles. The quantitative estimate of drug-likeness (QED) is 0.821. The van der Waals surface area contributed by atoms with E-state index in [0.29, 0.717) is 6.42 Å². The minimum atomic E-state index is -0.616. The van der Waals surface area contributed by atoms with Gasteiger partial charge >= 0.3 is 12.1 Å². The first kappa shape index (κ1) is 14.9. The van der Waals surface area contributed by atoms with Crippen molar-refractivity contribution in [1.29, 1.82) is 0 Å². The Balaban J connectivity index is 1.50. The topological polar surface area (TPSA) is 64.6 Å². The highest BCUT2D eigenvalue weighted by Gasteiger charge is 2.57. The molecule has 0 unspecified atom stereocenters. The molecule has 0 saturated heterocycles. The number of methoxy groups -OCH3 is 1. The van der Waals surface area contributed by atoms with Crippen molar-refractivity contribution in [2.45, 2.75) is 38.3 Å². The molecule has 4 rings (SSSR count). The minimum absolute atomic E-state index is 0.188. The molecule has 3 saturated carbocycles. The first-order valence-electron chi connectivity index (χ1n) is 7.65. The van der Waals surface area contributed by atoms with E-state index in [-0.39, 0.29) is 12.0 Å². The number of esters is 1. The van der Waals surface area contributed by atoms with E-state index in [4.69, 9.17) is 9.47 Å². The van der Waals surface area contributed by atoms with Crippen molar-refractivity contribution in [2.24, 2.45) is 11.3 Å². The average molecular weight is 303 g/mol. The van der Waals surface area contributed by atoms with Crippen LogP contribution in [-0.4, -0.2) is 25.2 Å². The lowest BCUT2D eigenvalue weighted by Gasteiger charge is -2.62. The molecule has 1 atom stereocenters. The van der Waals surface area contributed by atoms with E-state index >= 15 is 0 Å². The van der Waals surface area contributed by atoms with Crippen molar-refractivity contribution in [3.63, 3.8) is 0 Å². The van der Waals surface area contributed by atoms with Gasteiger partial charge in [0.25, 0.3) is 0 Å². The summed E-state index contributed by atoms with van der Waals surface area (Å²) in [6.07, 6.45) is 3.58. The molecule has 1 aromatic carbocycles. The second-order valence-electron chi connectivity index (χ2n) is 6.46. The Morgan fingerprint density at radius 2 is 1.95 bits per heavy atom. The number of benzene rings is 1. The van der Waals surface area contributed by atoms with Crippen molar-refractivity contribution in [3.05, 3.63) is 35.9 Å². The first-order chi connectivity index (χ1) is 10.6. The third-order valence-corrected chi connectivity index (χ3v) is 4.79. The number of hydrogen-bond donors (Lipinski definition) is 1. The molecule has 1 N–H and O–H groups in total. The van der Waals surface area contributed by atoms with Gasteiger partial charge in [-0.1, -0.05) is 30.3 Å². The molecule has 5 heteroatoms. The third-order valence-electron chi connectivity index (χ3n) is 4.79. The SMILES string of the molecule is COC(=O)[C@@H](CC12CC(C1)C2)NC(=O)OCc1ccccc1. The molecule has 118 valence electrons. The lowest BCUT2D eigenvalue weighted by atomic mass is 9.43. The van der Waals surface area contributed by atoms with Crippen molar-refractivity contribution >= 4 is 12.1 Å². The van der Waals surface area contributed by atoms with Crippen LogP contribution in [0.2, 0.25) is 0 Å². The molecule has 0 aliphatic heterocycles. The number of nitrogens with one attached hydrogen (secondary N) is 1. The molecule has 2 bridgehead atoms. The first-order valence-corrected chi connectivity index (χ1v) is 7.65. The van der Waals surface area contributed by atoms with E-state index in [1.165, 1.54) is 26.4 Å². The minimum Gasteiger partial charge on any atom is -0.467 e. The molecular formula is C17H21NO4. The average Bonchev–Trinajstić information content (AvgIpc) is 2.46. The van der Waals surface area contributed by atoms with E-state index in [0.717, 1.165) is 11.5 Å². The molecule has 3 aliphatic carbocycles. The molecular weight excluding hydrogens is 282 g/mol. The molecule has 0 aromatic heterocycles. The molecule has 0 spiro atoms. The fraction of sp³-hybridized carbons (Fsp3) is 0.529. The monoisotopic (exact) mass is 303 g/mol. The van der Waals surface area contributed by atoms with E-state index < -0.39 is 18.1 Å². The van der Waals surface area contributed by atoms with Crippen molar-refractivity contribution in [3.8, 4) is 0 Å². The molecule has 0 radical (unpaired) electrons. The van der Waals surface area contributed by atoms with Crippen molar-refractivity contribution in [1.82, 2.24) is 5.32 Å². The van der Waals surface area contributed by atoms with E-state index in [9.17, 15) is 9.59 Å². The highest BCUT2D eigenvalue weighted by molar-refractivity contribution is 5.81. The van der Waals surface area contributed by atoms with Gasteiger partial charge in [-0.25, -0.2) is 9.59 Å². The zero-order valence-electron chi connectivity index (χ0n) is 12.7. The second-order valence-corrected chi connectivity index (χ2v) is 6.46. The zero-order chi connectivity index (χ0) is 15.6. The van der Waals surface area contributed by atoms with Crippen LogP contribution in [0.3, 0.4) is 0 Å². The summed E-state index contributed by atoms with van der Waals surface area (Å²) in [6.45, 7) is 0.188. The Hall–Kier alpha value is -2.04. The fourth-order valence-corrected chi connectivity index (χ4v) is 3.58. The Morgan fingerprint density at radius 1 is 1.27 bits per heavy atom. The highest BCUT2D eigenvalue weighted by Crippen LogP contribution is 2.66. The van der Waals surface area contributed by atoms with Crippen LogP contribution in [0.4, 0.5) is 4.79 Å². The molecule has 5 nitrogen and oxygen atoms in total. The Bertz CT molecular complexity index is 540. The van der Waals surface area contributed by atoms with Crippen LogP contribution in [0.15, 0.2) is 30.3 Å². The van der Waals surface area contributed by atoms with Crippen LogP contribution < -0.4 is 5.32 Å². The van der Waals surface area contributed by atoms with Crippen LogP contribution >= 0.6 is 0 Å². The van der Waals surface area contributed by atoms with Gasteiger partial charge in [0.05, 0.1) is 7.11 Å². The summed E-state index contributed by atoms with van der Waals surface area (Å²) in [4.78, 5) is 23.8. The van der Waals surface area contributed by atoms with Crippen LogP contribution in [0.1, 0.15) is 31.2 Å². The highest BCUT2D eigenvalue weighted by atomic mass is 16.6. The van der Waals surface area contributed by atoms with Gasteiger partial charge in [0.2, 0.25) is 0 Å². The smallest absolute Gasteiger partial charge is 0.408 e. The van der Waals surface area contributed by atoms with Gasteiger partial charge in [0, 0.05) is 0 Å². The maximum atomic E-state index is 11.9. The Labute approximate surface area is 130 Å². The third kappa shape index (κ3) is 3.08. The predicted octanol–water partition coefficient (Wildman–Crippen LogP) is 2.64. The Morgan fingerprint density at radius 3 is 2.50 bits per heavy atom. The van der Waals surface area contributed by atoms with E-state index in [1.807, 2.05) is 30.3 Å². The summed E-state index contributed by atoms with van der Waals surface area (Å²) in [5.74, 6) is 0.435. The number of amides is 1. The molecule has 3 fully saturated rings. The molecule has 1 amide bonds. The maximum absolute atomic E-state index is 11.9. The van der Waals surface area contributed by atoms with Gasteiger partial charge in [-0.2, -0.15) is 0 Å². The normalized spacial score (nSPS) is 26.1. The van der Waals surface area contributed by atoms with Crippen molar-refractivity contribution in [2.75, 3.05) is 7.11 Å². The van der Waals surface area contributed by atoms with E-state index in [2.05, 4.69) is 5.32 Å². The lowest BCUT2D eigenvalue weighted by molar-refractivity contribution is -0.152. The summed E-state index contributed by atoms with van der Waals surface area (Å²) in [6, 6.07) is 8.82. The lowest BCUT2D eigenvalue weighted by Crippen LogP contribution is -2.56. The van der Waals surface area contributed by atoms with Crippen molar-refractivity contribution < 1.29 is 19.1 Å². The van der Waals surface area contributed by atoms with Gasteiger partial charge in [-0.3, -0.25) is 0 Å². The number of carbonyl (C=O) groups is 2. The number of alkyl carbamates (subject to hydrolysis) is 1. The van der Waals surface area contributed by atoms with Gasteiger partial charge in [-0.05, 0) is 42.6 Å². The zero-order valence-corrected chi connectivity index (χ0v) is 12.7. The van der Waals surface area contributed by atoms with Crippen LogP contribution in [0.25, 0.3) is 0 Å². The van der Waals surface area contributed by atoms with Gasteiger partial charge in [0.1, 0.15) is 12.6 Å². The largest absolute Gasteiger partial charge is 0.467 e. The van der Waals surface area contributed by atoms with Crippen LogP contribution in [-0.2, 0) is 20.9 Å².